The maximum atomic E-state index is 11.7. The van der Waals surface area contributed by atoms with Gasteiger partial charge in [0.25, 0.3) is 0 Å². The molecule has 3 nitrogen and oxygen atoms in total. The molecule has 0 spiro atoms. The van der Waals surface area contributed by atoms with E-state index in [9.17, 15) is 4.79 Å². The van der Waals surface area contributed by atoms with Crippen LogP contribution in [0.3, 0.4) is 0 Å². The molecule has 0 saturated heterocycles. The summed E-state index contributed by atoms with van der Waals surface area (Å²) in [5, 5.41) is 6.34. The van der Waals surface area contributed by atoms with Gasteiger partial charge in [-0.15, -0.1) is 0 Å². The lowest BCUT2D eigenvalue weighted by Gasteiger charge is -2.14. The predicted octanol–water partition coefficient (Wildman–Crippen LogP) is 3.58. The van der Waals surface area contributed by atoms with Crippen LogP contribution in [0.2, 0.25) is 0 Å². The summed E-state index contributed by atoms with van der Waals surface area (Å²) >= 11 is 0. The Morgan fingerprint density at radius 3 is 2.25 bits per heavy atom. The van der Waals surface area contributed by atoms with Crippen LogP contribution in [-0.2, 0) is 4.79 Å². The van der Waals surface area contributed by atoms with Crippen molar-refractivity contribution in [3.8, 4) is 0 Å². The molecule has 0 aliphatic rings. The Morgan fingerprint density at radius 2 is 1.70 bits per heavy atom. The first-order chi connectivity index (χ1) is 9.40. The third kappa shape index (κ3) is 5.64. The molecule has 0 atom stereocenters. The fourth-order valence-electron chi connectivity index (χ4n) is 2.35. The lowest BCUT2D eigenvalue weighted by Crippen LogP contribution is -2.27. The number of hydrogen-bond acceptors (Lipinski definition) is 2. The van der Waals surface area contributed by atoms with E-state index in [-0.39, 0.29) is 5.91 Å². The molecule has 0 bridgehead atoms. The van der Waals surface area contributed by atoms with Crippen molar-refractivity contribution in [2.75, 3.05) is 18.4 Å². The van der Waals surface area contributed by atoms with Gasteiger partial charge in [0.05, 0.1) is 0 Å². The molecule has 0 radical (unpaired) electrons. The second-order valence-electron chi connectivity index (χ2n) is 5.98. The topological polar surface area (TPSA) is 41.1 Å². The molecule has 0 fully saturated rings. The first-order valence-corrected chi connectivity index (χ1v) is 7.48. The molecule has 3 heteroatoms. The van der Waals surface area contributed by atoms with Gasteiger partial charge in [0, 0.05) is 25.2 Å². The highest BCUT2D eigenvalue weighted by Gasteiger charge is 2.05. The molecule has 1 aromatic carbocycles. The lowest BCUT2D eigenvalue weighted by atomic mass is 10.1. The van der Waals surface area contributed by atoms with Crippen LogP contribution in [0.4, 0.5) is 5.69 Å². The minimum Gasteiger partial charge on any atom is -0.384 e. The van der Waals surface area contributed by atoms with Crippen molar-refractivity contribution in [1.82, 2.24) is 5.32 Å². The Labute approximate surface area is 123 Å². The average molecular weight is 276 g/mol. The zero-order valence-corrected chi connectivity index (χ0v) is 13.5. The van der Waals surface area contributed by atoms with E-state index in [1.54, 1.807) is 0 Å². The summed E-state index contributed by atoms with van der Waals surface area (Å²) in [5.41, 5.74) is 4.91. The number of rotatable bonds is 7. The third-order valence-electron chi connectivity index (χ3n) is 3.37. The second-order valence-corrected chi connectivity index (χ2v) is 5.98. The SMILES string of the molecule is Cc1cc(C)c(NCCC(=O)NCCC(C)C)c(C)c1. The number of benzene rings is 1. The fraction of sp³-hybridized carbons (Fsp3) is 0.588. The Balaban J connectivity index is 2.36. The van der Waals surface area contributed by atoms with Gasteiger partial charge in [-0.1, -0.05) is 31.5 Å². The Kier molecular flexibility index (Phi) is 6.56. The molecule has 0 heterocycles. The number of amides is 1. The van der Waals surface area contributed by atoms with E-state index in [0.29, 0.717) is 18.9 Å². The highest BCUT2D eigenvalue weighted by molar-refractivity contribution is 5.76. The highest BCUT2D eigenvalue weighted by atomic mass is 16.1. The monoisotopic (exact) mass is 276 g/mol. The van der Waals surface area contributed by atoms with Crippen LogP contribution >= 0.6 is 0 Å². The van der Waals surface area contributed by atoms with Crippen LogP contribution in [0.1, 0.15) is 43.4 Å². The molecule has 20 heavy (non-hydrogen) atoms. The zero-order valence-electron chi connectivity index (χ0n) is 13.5. The van der Waals surface area contributed by atoms with Gasteiger partial charge in [-0.3, -0.25) is 4.79 Å². The van der Waals surface area contributed by atoms with Crippen molar-refractivity contribution < 1.29 is 4.79 Å². The van der Waals surface area contributed by atoms with Crippen molar-refractivity contribution in [2.24, 2.45) is 5.92 Å². The molecule has 0 aromatic heterocycles. The quantitative estimate of drug-likeness (QED) is 0.799. The van der Waals surface area contributed by atoms with E-state index in [2.05, 4.69) is 57.4 Å². The molecule has 0 saturated carbocycles. The van der Waals surface area contributed by atoms with Crippen LogP contribution < -0.4 is 10.6 Å². The summed E-state index contributed by atoms with van der Waals surface area (Å²) in [6.45, 7) is 12.1. The van der Waals surface area contributed by atoms with Crippen LogP contribution in [0, 0.1) is 26.7 Å². The van der Waals surface area contributed by atoms with Crippen LogP contribution in [-0.4, -0.2) is 19.0 Å². The first kappa shape index (κ1) is 16.5. The second kappa shape index (κ2) is 7.93. The summed E-state index contributed by atoms with van der Waals surface area (Å²) in [6, 6.07) is 4.33. The average Bonchev–Trinajstić information content (AvgIpc) is 2.32. The van der Waals surface area contributed by atoms with Crippen molar-refractivity contribution in [3.05, 3.63) is 28.8 Å². The zero-order chi connectivity index (χ0) is 15.1. The largest absolute Gasteiger partial charge is 0.384 e. The molecule has 2 N–H and O–H groups in total. The number of hydrogen-bond donors (Lipinski definition) is 2. The van der Waals surface area contributed by atoms with E-state index < -0.39 is 0 Å². The minimum absolute atomic E-state index is 0.126. The van der Waals surface area contributed by atoms with E-state index in [1.807, 2.05) is 0 Å². The Hall–Kier alpha value is -1.51. The summed E-state index contributed by atoms with van der Waals surface area (Å²) in [6.07, 6.45) is 1.56. The molecule has 0 aliphatic heterocycles. The van der Waals surface area contributed by atoms with Crippen LogP contribution in [0.5, 0.6) is 0 Å². The molecule has 0 aliphatic carbocycles. The Morgan fingerprint density at radius 1 is 1.10 bits per heavy atom. The minimum atomic E-state index is 0.126. The number of nitrogens with one attached hydrogen (secondary N) is 2. The maximum Gasteiger partial charge on any atom is 0.221 e. The van der Waals surface area contributed by atoms with Crippen molar-refractivity contribution in [2.45, 2.75) is 47.5 Å². The van der Waals surface area contributed by atoms with Crippen molar-refractivity contribution >= 4 is 11.6 Å². The van der Waals surface area contributed by atoms with Gasteiger partial charge in [-0.2, -0.15) is 0 Å². The summed E-state index contributed by atoms with van der Waals surface area (Å²) in [4.78, 5) is 11.7. The van der Waals surface area contributed by atoms with Gasteiger partial charge in [0.1, 0.15) is 0 Å². The standard InChI is InChI=1S/C17H28N2O/c1-12(2)6-8-18-16(20)7-9-19-17-14(4)10-13(3)11-15(17)5/h10-12,19H,6-9H2,1-5H3,(H,18,20). The molecular formula is C17H28N2O. The molecular weight excluding hydrogens is 248 g/mol. The van der Waals surface area contributed by atoms with E-state index >= 15 is 0 Å². The smallest absolute Gasteiger partial charge is 0.221 e. The fourth-order valence-corrected chi connectivity index (χ4v) is 2.35. The van der Waals surface area contributed by atoms with E-state index in [0.717, 1.165) is 18.7 Å². The summed E-state index contributed by atoms with van der Waals surface area (Å²) < 4.78 is 0. The number of anilines is 1. The third-order valence-corrected chi connectivity index (χ3v) is 3.37. The van der Waals surface area contributed by atoms with E-state index in [4.69, 9.17) is 0 Å². The van der Waals surface area contributed by atoms with Gasteiger partial charge in [0.15, 0.2) is 0 Å². The van der Waals surface area contributed by atoms with Gasteiger partial charge in [-0.25, -0.2) is 0 Å². The van der Waals surface area contributed by atoms with Crippen molar-refractivity contribution in [1.29, 1.82) is 0 Å². The maximum absolute atomic E-state index is 11.7. The van der Waals surface area contributed by atoms with Crippen molar-refractivity contribution in [3.63, 3.8) is 0 Å². The van der Waals surface area contributed by atoms with E-state index in [1.165, 1.54) is 16.7 Å². The molecule has 1 amide bonds. The predicted molar refractivity (Wildman–Crippen MR) is 86.2 cm³/mol. The first-order valence-electron chi connectivity index (χ1n) is 7.48. The van der Waals surface area contributed by atoms with Gasteiger partial charge in [-0.05, 0) is 44.2 Å². The lowest BCUT2D eigenvalue weighted by molar-refractivity contribution is -0.120. The number of carbonyl (C=O) groups excluding carboxylic acids is 1. The molecule has 1 rings (SSSR count). The van der Waals surface area contributed by atoms with Gasteiger partial charge < -0.3 is 10.6 Å². The number of aryl methyl sites for hydroxylation is 3. The number of carbonyl (C=O) groups is 1. The van der Waals surface area contributed by atoms with Gasteiger partial charge >= 0.3 is 0 Å². The molecule has 1 aromatic rings. The summed E-state index contributed by atoms with van der Waals surface area (Å²) in [7, 11) is 0. The summed E-state index contributed by atoms with van der Waals surface area (Å²) in [5.74, 6) is 0.756. The van der Waals surface area contributed by atoms with Crippen LogP contribution in [0.15, 0.2) is 12.1 Å². The molecule has 112 valence electrons. The molecule has 0 unspecified atom stereocenters. The Bertz CT molecular complexity index is 429. The normalized spacial score (nSPS) is 10.7. The van der Waals surface area contributed by atoms with Crippen LogP contribution in [0.25, 0.3) is 0 Å². The van der Waals surface area contributed by atoms with Gasteiger partial charge in [0.2, 0.25) is 5.91 Å². The highest BCUT2D eigenvalue weighted by Crippen LogP contribution is 2.21.